The van der Waals surface area contributed by atoms with Crippen molar-refractivity contribution in [2.75, 3.05) is 38.1 Å². The van der Waals surface area contributed by atoms with E-state index in [9.17, 15) is 14.4 Å². The summed E-state index contributed by atoms with van der Waals surface area (Å²) in [6, 6.07) is 6.95. The fraction of sp³-hybridized carbons (Fsp3) is 0.550. The molecule has 1 aromatic rings. The van der Waals surface area contributed by atoms with Crippen LogP contribution in [0.15, 0.2) is 24.3 Å². The lowest BCUT2D eigenvalue weighted by atomic mass is 10.1. The first-order valence-corrected chi connectivity index (χ1v) is 9.66. The summed E-state index contributed by atoms with van der Waals surface area (Å²) in [4.78, 5) is 39.7. The van der Waals surface area contributed by atoms with Crippen molar-refractivity contribution in [3.05, 3.63) is 24.3 Å². The van der Waals surface area contributed by atoms with E-state index < -0.39 is 0 Å². The van der Waals surface area contributed by atoms with Crippen molar-refractivity contribution >= 4 is 23.4 Å². The Kier molecular flexibility index (Phi) is 6.32. The van der Waals surface area contributed by atoms with Crippen LogP contribution in [0, 0.1) is 5.92 Å². The predicted molar refractivity (Wildman–Crippen MR) is 101 cm³/mol. The number of hydrogen-bond acceptors (Lipinski definition) is 4. The van der Waals surface area contributed by atoms with Crippen molar-refractivity contribution in [1.29, 1.82) is 0 Å². The van der Waals surface area contributed by atoms with E-state index in [0.29, 0.717) is 24.5 Å². The number of amides is 3. The predicted octanol–water partition coefficient (Wildman–Crippen LogP) is 1.88. The Bertz CT molecular complexity index is 683. The van der Waals surface area contributed by atoms with E-state index in [1.165, 1.54) is 6.42 Å². The van der Waals surface area contributed by atoms with Gasteiger partial charge in [0.2, 0.25) is 11.8 Å². The fourth-order valence-corrected chi connectivity index (χ4v) is 3.51. The molecule has 0 radical (unpaired) electrons. The number of carbonyl (C=O) groups is 3. The molecule has 1 N–H and O–H groups in total. The largest absolute Gasteiger partial charge is 0.484 e. The van der Waals surface area contributed by atoms with Crippen LogP contribution in [-0.2, 0) is 14.4 Å². The quantitative estimate of drug-likeness (QED) is 0.826. The van der Waals surface area contributed by atoms with Gasteiger partial charge in [0.05, 0.1) is 5.92 Å². The maximum absolute atomic E-state index is 12.3. The smallest absolute Gasteiger partial charge is 0.260 e. The van der Waals surface area contributed by atoms with Gasteiger partial charge >= 0.3 is 0 Å². The summed E-state index contributed by atoms with van der Waals surface area (Å²) in [6.45, 7) is 4.67. The summed E-state index contributed by atoms with van der Waals surface area (Å²) < 4.78 is 5.57. The summed E-state index contributed by atoms with van der Waals surface area (Å²) in [5.74, 6) is 0.175. The Labute approximate surface area is 159 Å². The molecular weight excluding hydrogens is 346 g/mol. The summed E-state index contributed by atoms with van der Waals surface area (Å²) >= 11 is 0. The highest BCUT2D eigenvalue weighted by Crippen LogP contribution is 2.21. The topological polar surface area (TPSA) is 79.0 Å². The molecule has 0 aromatic heterocycles. The molecule has 27 heavy (non-hydrogen) atoms. The number of nitrogens with zero attached hydrogens (tertiary/aromatic N) is 2. The summed E-state index contributed by atoms with van der Waals surface area (Å²) in [5, 5.41) is 2.84. The average molecular weight is 373 g/mol. The Hall–Kier alpha value is -2.57. The van der Waals surface area contributed by atoms with Crippen LogP contribution in [0.4, 0.5) is 5.69 Å². The Morgan fingerprint density at radius 1 is 1.15 bits per heavy atom. The Morgan fingerprint density at radius 3 is 2.48 bits per heavy atom. The van der Waals surface area contributed by atoms with Crippen LogP contribution in [0.3, 0.4) is 0 Å². The minimum Gasteiger partial charge on any atom is -0.484 e. The van der Waals surface area contributed by atoms with Crippen LogP contribution in [0.2, 0.25) is 0 Å². The maximum atomic E-state index is 12.3. The first-order chi connectivity index (χ1) is 13.1. The van der Waals surface area contributed by atoms with E-state index in [2.05, 4.69) is 5.32 Å². The molecule has 3 rings (SSSR count). The number of carbonyl (C=O) groups excluding carboxylic acids is 3. The van der Waals surface area contributed by atoms with Crippen molar-refractivity contribution in [1.82, 2.24) is 9.80 Å². The highest BCUT2D eigenvalue weighted by atomic mass is 16.5. The third kappa shape index (κ3) is 4.99. The second kappa shape index (κ2) is 8.88. The third-order valence-electron chi connectivity index (χ3n) is 5.16. The zero-order valence-electron chi connectivity index (χ0n) is 15.8. The molecule has 7 nitrogen and oxygen atoms in total. The standard InChI is InChI=1S/C20H27N3O4/c1-2-22-13-15(12-18(22)24)20(26)21-16-6-8-17(9-7-16)27-14-19(25)23-10-4-3-5-11-23/h6-9,15H,2-5,10-14H2,1H3,(H,21,26)/t15-/m1/s1. The second-order valence-corrected chi connectivity index (χ2v) is 7.08. The van der Waals surface area contributed by atoms with Crippen LogP contribution < -0.4 is 10.1 Å². The van der Waals surface area contributed by atoms with E-state index in [1.807, 2.05) is 11.8 Å². The molecule has 7 heteroatoms. The van der Waals surface area contributed by atoms with Crippen LogP contribution >= 0.6 is 0 Å². The molecule has 2 fully saturated rings. The lowest BCUT2D eigenvalue weighted by molar-refractivity contribution is -0.134. The molecule has 0 saturated carbocycles. The van der Waals surface area contributed by atoms with Gasteiger partial charge in [-0.05, 0) is 50.5 Å². The van der Waals surface area contributed by atoms with Crippen molar-refractivity contribution in [2.45, 2.75) is 32.6 Å². The monoisotopic (exact) mass is 373 g/mol. The molecule has 2 heterocycles. The number of likely N-dealkylation sites (tertiary alicyclic amines) is 2. The summed E-state index contributed by atoms with van der Waals surface area (Å²) in [5.41, 5.74) is 0.650. The van der Waals surface area contributed by atoms with Gasteiger partial charge < -0.3 is 19.9 Å². The number of benzene rings is 1. The number of piperidine rings is 1. The number of hydrogen-bond donors (Lipinski definition) is 1. The number of anilines is 1. The zero-order chi connectivity index (χ0) is 19.2. The SMILES string of the molecule is CCN1C[C@H](C(=O)Nc2ccc(OCC(=O)N3CCCCC3)cc2)CC1=O. The van der Waals surface area contributed by atoms with Gasteiger partial charge in [-0.15, -0.1) is 0 Å². The Morgan fingerprint density at radius 2 is 1.85 bits per heavy atom. The molecule has 0 spiro atoms. The average Bonchev–Trinajstić information content (AvgIpc) is 3.09. The Balaban J connectivity index is 1.46. The van der Waals surface area contributed by atoms with Crippen LogP contribution in [0.25, 0.3) is 0 Å². The molecule has 146 valence electrons. The number of ether oxygens (including phenoxy) is 1. The normalized spacial score (nSPS) is 19.9. The molecule has 1 atom stereocenters. The summed E-state index contributed by atoms with van der Waals surface area (Å²) in [6.07, 6.45) is 3.56. The molecule has 2 saturated heterocycles. The molecule has 0 unspecified atom stereocenters. The van der Waals surface area contributed by atoms with Crippen molar-refractivity contribution in [3.63, 3.8) is 0 Å². The number of nitrogens with one attached hydrogen (secondary N) is 1. The highest BCUT2D eigenvalue weighted by Gasteiger charge is 2.33. The third-order valence-corrected chi connectivity index (χ3v) is 5.16. The first-order valence-electron chi connectivity index (χ1n) is 9.66. The lowest BCUT2D eigenvalue weighted by Crippen LogP contribution is -2.38. The fourth-order valence-electron chi connectivity index (χ4n) is 3.51. The van der Waals surface area contributed by atoms with Crippen LogP contribution in [0.1, 0.15) is 32.6 Å². The molecule has 0 bridgehead atoms. The molecule has 0 aliphatic carbocycles. The van der Waals surface area contributed by atoms with Gasteiger partial charge in [-0.1, -0.05) is 0 Å². The van der Waals surface area contributed by atoms with Gasteiger partial charge in [-0.2, -0.15) is 0 Å². The molecule has 2 aliphatic heterocycles. The minimum atomic E-state index is -0.310. The van der Waals surface area contributed by atoms with Crippen LogP contribution in [-0.4, -0.2) is 60.3 Å². The van der Waals surface area contributed by atoms with E-state index in [-0.39, 0.29) is 36.7 Å². The van der Waals surface area contributed by atoms with Gasteiger partial charge in [0.25, 0.3) is 5.91 Å². The van der Waals surface area contributed by atoms with Gasteiger partial charge in [0.1, 0.15) is 5.75 Å². The van der Waals surface area contributed by atoms with E-state index in [0.717, 1.165) is 25.9 Å². The first kappa shape index (κ1) is 19.2. The number of rotatable bonds is 6. The van der Waals surface area contributed by atoms with E-state index in [4.69, 9.17) is 4.74 Å². The highest BCUT2D eigenvalue weighted by molar-refractivity contribution is 5.97. The van der Waals surface area contributed by atoms with Crippen molar-refractivity contribution < 1.29 is 19.1 Å². The van der Waals surface area contributed by atoms with Gasteiger partial charge in [0.15, 0.2) is 6.61 Å². The molecule has 2 aliphatic rings. The molecular formula is C20H27N3O4. The van der Waals surface area contributed by atoms with Gasteiger partial charge in [-0.25, -0.2) is 0 Å². The zero-order valence-corrected chi connectivity index (χ0v) is 15.8. The molecule has 3 amide bonds. The second-order valence-electron chi connectivity index (χ2n) is 7.08. The summed E-state index contributed by atoms with van der Waals surface area (Å²) in [7, 11) is 0. The van der Waals surface area contributed by atoms with E-state index in [1.54, 1.807) is 29.2 Å². The van der Waals surface area contributed by atoms with Gasteiger partial charge in [0, 0.05) is 38.3 Å². The minimum absolute atomic E-state index is 0.0125. The molecule has 1 aromatic carbocycles. The van der Waals surface area contributed by atoms with Crippen molar-refractivity contribution in [2.24, 2.45) is 5.92 Å². The van der Waals surface area contributed by atoms with Crippen LogP contribution in [0.5, 0.6) is 5.75 Å². The lowest BCUT2D eigenvalue weighted by Gasteiger charge is -2.26. The maximum Gasteiger partial charge on any atom is 0.260 e. The van der Waals surface area contributed by atoms with Crippen molar-refractivity contribution in [3.8, 4) is 5.75 Å². The van der Waals surface area contributed by atoms with Gasteiger partial charge in [-0.3, -0.25) is 14.4 Å². The van der Waals surface area contributed by atoms with E-state index >= 15 is 0 Å².